The smallest absolute Gasteiger partial charge is 0.155 e. The lowest BCUT2D eigenvalue weighted by Crippen LogP contribution is -1.85. The van der Waals surface area contributed by atoms with Crippen LogP contribution in [0.1, 0.15) is 0 Å². The van der Waals surface area contributed by atoms with Crippen LogP contribution in [-0.2, 0) is 0 Å². The highest BCUT2D eigenvalue weighted by atomic mass is 35.5. The van der Waals surface area contributed by atoms with Crippen molar-refractivity contribution in [3.63, 3.8) is 0 Å². The molecule has 2 aromatic heterocycles. The van der Waals surface area contributed by atoms with Gasteiger partial charge in [0.2, 0.25) is 0 Å². The zero-order valence-electron chi connectivity index (χ0n) is 12.6. The molecule has 3 nitrogen and oxygen atoms in total. The Bertz CT molecular complexity index is 973. The predicted molar refractivity (Wildman–Crippen MR) is 99.3 cm³/mol. The fourth-order valence-electron chi connectivity index (χ4n) is 2.67. The van der Waals surface area contributed by atoms with Crippen LogP contribution in [0.2, 0.25) is 10.0 Å². The molecule has 0 saturated heterocycles. The van der Waals surface area contributed by atoms with E-state index < -0.39 is 0 Å². The second kappa shape index (κ2) is 6.19. The van der Waals surface area contributed by atoms with E-state index in [0.717, 1.165) is 34.0 Å². The average molecular weight is 354 g/mol. The highest BCUT2D eigenvalue weighted by molar-refractivity contribution is 6.35. The van der Waals surface area contributed by atoms with Crippen LogP contribution < -0.4 is 0 Å². The van der Waals surface area contributed by atoms with Gasteiger partial charge in [-0.05, 0) is 30.3 Å². The molecule has 4 aromatic rings. The van der Waals surface area contributed by atoms with Gasteiger partial charge in [-0.1, -0.05) is 53.5 Å². The first-order valence-electron chi connectivity index (χ1n) is 7.47. The molecule has 0 unspecified atom stereocenters. The second-order valence-electron chi connectivity index (χ2n) is 5.38. The van der Waals surface area contributed by atoms with Gasteiger partial charge in [-0.25, -0.2) is 4.98 Å². The van der Waals surface area contributed by atoms with E-state index in [9.17, 15) is 0 Å². The lowest BCUT2D eigenvalue weighted by molar-refractivity contribution is 1.26. The Morgan fingerprint density at radius 1 is 0.875 bits per heavy atom. The molecule has 118 valence electrons. The zero-order chi connectivity index (χ0) is 16.5. The van der Waals surface area contributed by atoms with Gasteiger partial charge in [-0.3, -0.25) is 0 Å². The van der Waals surface area contributed by atoms with Crippen molar-refractivity contribution in [2.75, 3.05) is 0 Å². The summed E-state index contributed by atoms with van der Waals surface area (Å²) in [6, 6.07) is 19.3. The van der Waals surface area contributed by atoms with E-state index >= 15 is 0 Å². The summed E-state index contributed by atoms with van der Waals surface area (Å²) in [5.74, 6) is 0.755. The number of hydrogen-bond acceptors (Lipinski definition) is 1. The first-order valence-corrected chi connectivity index (χ1v) is 8.22. The van der Waals surface area contributed by atoms with E-state index in [-0.39, 0.29) is 0 Å². The lowest BCUT2D eigenvalue weighted by atomic mass is 10.1. The Hall–Kier alpha value is -2.49. The molecule has 0 radical (unpaired) electrons. The Labute approximate surface area is 149 Å². The molecule has 0 bridgehead atoms. The highest BCUT2D eigenvalue weighted by Gasteiger charge is 2.17. The number of halogens is 2. The number of nitrogens with zero attached hydrogens (tertiary/aromatic N) is 1. The fourth-order valence-corrected chi connectivity index (χ4v) is 3.05. The molecule has 2 heterocycles. The standard InChI is InChI=1S/C19H13Cl2N3/c20-13-8-9-15(21)14(11-13)18-17(12-5-2-1-3-6-12)23-19(24-18)16-7-4-10-22-16/h1-11,22H,(H,23,24). The average Bonchev–Trinajstić information content (AvgIpc) is 3.27. The van der Waals surface area contributed by atoms with Crippen LogP contribution in [0, 0.1) is 0 Å². The summed E-state index contributed by atoms with van der Waals surface area (Å²) in [6.45, 7) is 0. The maximum atomic E-state index is 6.40. The number of imidazole rings is 1. The van der Waals surface area contributed by atoms with Crippen molar-refractivity contribution in [2.45, 2.75) is 0 Å². The van der Waals surface area contributed by atoms with Gasteiger partial charge in [0.25, 0.3) is 0 Å². The molecular formula is C19H13Cl2N3. The van der Waals surface area contributed by atoms with Gasteiger partial charge < -0.3 is 9.97 Å². The van der Waals surface area contributed by atoms with E-state index in [0.29, 0.717) is 10.0 Å². The fraction of sp³-hybridized carbons (Fsp3) is 0. The van der Waals surface area contributed by atoms with Crippen molar-refractivity contribution >= 4 is 23.2 Å². The molecule has 2 N–H and O–H groups in total. The van der Waals surface area contributed by atoms with Gasteiger partial charge in [-0.15, -0.1) is 0 Å². The van der Waals surface area contributed by atoms with Crippen molar-refractivity contribution in [3.05, 3.63) is 76.9 Å². The Kier molecular flexibility index (Phi) is 3.89. The molecular weight excluding hydrogens is 341 g/mol. The summed E-state index contributed by atoms with van der Waals surface area (Å²) >= 11 is 12.6. The number of aromatic amines is 2. The second-order valence-corrected chi connectivity index (χ2v) is 6.23. The molecule has 5 heteroatoms. The summed E-state index contributed by atoms with van der Waals surface area (Å²) in [7, 11) is 0. The normalized spacial score (nSPS) is 10.9. The van der Waals surface area contributed by atoms with E-state index in [1.807, 2.05) is 54.7 Å². The first kappa shape index (κ1) is 15.1. The van der Waals surface area contributed by atoms with Crippen molar-refractivity contribution in [1.29, 1.82) is 0 Å². The quantitative estimate of drug-likeness (QED) is 0.462. The summed E-state index contributed by atoms with van der Waals surface area (Å²) < 4.78 is 0. The van der Waals surface area contributed by atoms with E-state index in [1.54, 1.807) is 12.1 Å². The summed E-state index contributed by atoms with van der Waals surface area (Å²) in [5, 5.41) is 1.24. The Balaban J connectivity index is 1.96. The van der Waals surface area contributed by atoms with Crippen LogP contribution >= 0.6 is 23.2 Å². The Morgan fingerprint density at radius 3 is 2.46 bits per heavy atom. The number of hydrogen-bond donors (Lipinski definition) is 2. The lowest BCUT2D eigenvalue weighted by Gasteiger charge is -2.05. The van der Waals surface area contributed by atoms with Gasteiger partial charge in [0.1, 0.15) is 0 Å². The third-order valence-electron chi connectivity index (χ3n) is 3.80. The monoisotopic (exact) mass is 353 g/mol. The molecule has 24 heavy (non-hydrogen) atoms. The van der Waals surface area contributed by atoms with Gasteiger partial charge in [0, 0.05) is 22.3 Å². The van der Waals surface area contributed by atoms with Crippen LogP contribution in [0.4, 0.5) is 0 Å². The van der Waals surface area contributed by atoms with Crippen molar-refractivity contribution in [2.24, 2.45) is 0 Å². The largest absolute Gasteiger partial charge is 0.359 e. The number of benzene rings is 2. The van der Waals surface area contributed by atoms with Crippen molar-refractivity contribution < 1.29 is 0 Å². The van der Waals surface area contributed by atoms with Crippen LogP contribution in [0.25, 0.3) is 34.0 Å². The van der Waals surface area contributed by atoms with Gasteiger partial charge in [0.05, 0.1) is 22.1 Å². The molecule has 0 aliphatic heterocycles. The molecule has 2 aromatic carbocycles. The van der Waals surface area contributed by atoms with Crippen LogP contribution in [0.5, 0.6) is 0 Å². The van der Waals surface area contributed by atoms with Crippen molar-refractivity contribution in [3.8, 4) is 34.0 Å². The number of aromatic nitrogens is 3. The molecule has 0 aliphatic carbocycles. The summed E-state index contributed by atoms with van der Waals surface area (Å²) in [4.78, 5) is 11.3. The maximum Gasteiger partial charge on any atom is 0.155 e. The van der Waals surface area contributed by atoms with Crippen LogP contribution in [0.15, 0.2) is 66.9 Å². The van der Waals surface area contributed by atoms with Crippen LogP contribution in [0.3, 0.4) is 0 Å². The molecule has 0 amide bonds. The molecule has 0 saturated carbocycles. The van der Waals surface area contributed by atoms with E-state index in [4.69, 9.17) is 28.2 Å². The van der Waals surface area contributed by atoms with Crippen LogP contribution in [-0.4, -0.2) is 15.0 Å². The topological polar surface area (TPSA) is 44.5 Å². The minimum atomic E-state index is 0.612. The summed E-state index contributed by atoms with van der Waals surface area (Å²) in [6.07, 6.45) is 1.87. The van der Waals surface area contributed by atoms with Gasteiger partial charge >= 0.3 is 0 Å². The zero-order valence-corrected chi connectivity index (χ0v) is 14.1. The van der Waals surface area contributed by atoms with E-state index in [1.165, 1.54) is 0 Å². The first-order chi connectivity index (χ1) is 11.7. The predicted octanol–water partition coefficient (Wildman–Crippen LogP) is 6.05. The van der Waals surface area contributed by atoms with Crippen molar-refractivity contribution in [1.82, 2.24) is 15.0 Å². The molecule has 0 aliphatic rings. The molecule has 0 spiro atoms. The van der Waals surface area contributed by atoms with E-state index in [2.05, 4.69) is 9.97 Å². The minimum Gasteiger partial charge on any atom is -0.359 e. The third-order valence-corrected chi connectivity index (χ3v) is 4.37. The maximum absolute atomic E-state index is 6.40. The number of rotatable bonds is 3. The molecule has 0 fully saturated rings. The molecule has 0 atom stereocenters. The number of nitrogens with one attached hydrogen (secondary N) is 2. The number of H-pyrrole nitrogens is 2. The third kappa shape index (κ3) is 2.73. The SMILES string of the molecule is Clc1ccc(Cl)c(-c2nc(-c3ccc[nH]3)[nH]c2-c2ccccc2)c1. The summed E-state index contributed by atoms with van der Waals surface area (Å²) in [5.41, 5.74) is 4.44. The van der Waals surface area contributed by atoms with Gasteiger partial charge in [0.15, 0.2) is 5.82 Å². The molecule has 4 rings (SSSR count). The van der Waals surface area contributed by atoms with Gasteiger partial charge in [-0.2, -0.15) is 0 Å². The minimum absolute atomic E-state index is 0.612. The highest BCUT2D eigenvalue weighted by Crippen LogP contribution is 2.37. The Morgan fingerprint density at radius 2 is 1.71 bits per heavy atom.